The van der Waals surface area contributed by atoms with Crippen molar-refractivity contribution in [3.63, 3.8) is 0 Å². The first kappa shape index (κ1) is 13.9. The highest BCUT2D eigenvalue weighted by molar-refractivity contribution is 5.50. The first-order chi connectivity index (χ1) is 8.96. The van der Waals surface area contributed by atoms with E-state index in [4.69, 9.17) is 10.5 Å². The van der Waals surface area contributed by atoms with Crippen molar-refractivity contribution in [3.05, 3.63) is 28.3 Å². The van der Waals surface area contributed by atoms with Gasteiger partial charge >= 0.3 is 0 Å². The van der Waals surface area contributed by atoms with Gasteiger partial charge in [-0.3, -0.25) is 0 Å². The SMILES string of the molecule is COc1cc(C)c(C(N)C2(C#N)CCC2)c(C)c1C. The molecule has 1 aliphatic carbocycles. The van der Waals surface area contributed by atoms with Gasteiger partial charge in [0.05, 0.1) is 18.6 Å². The monoisotopic (exact) mass is 258 g/mol. The highest BCUT2D eigenvalue weighted by Gasteiger charge is 2.44. The number of benzene rings is 1. The summed E-state index contributed by atoms with van der Waals surface area (Å²) in [5, 5.41) is 9.47. The van der Waals surface area contributed by atoms with Gasteiger partial charge in [0.15, 0.2) is 0 Å². The van der Waals surface area contributed by atoms with Crippen LogP contribution >= 0.6 is 0 Å². The minimum Gasteiger partial charge on any atom is -0.496 e. The fourth-order valence-corrected chi connectivity index (χ4v) is 3.08. The highest BCUT2D eigenvalue weighted by Crippen LogP contribution is 2.50. The topological polar surface area (TPSA) is 59.0 Å². The van der Waals surface area contributed by atoms with E-state index >= 15 is 0 Å². The molecule has 1 fully saturated rings. The summed E-state index contributed by atoms with van der Waals surface area (Å²) < 4.78 is 5.39. The second-order valence-electron chi connectivity index (χ2n) is 5.66. The van der Waals surface area contributed by atoms with Crippen LogP contribution in [0.1, 0.15) is 47.6 Å². The number of aryl methyl sites for hydroxylation is 1. The highest BCUT2D eigenvalue weighted by atomic mass is 16.5. The minimum absolute atomic E-state index is 0.198. The first-order valence-electron chi connectivity index (χ1n) is 6.78. The van der Waals surface area contributed by atoms with Crippen LogP contribution in [0.15, 0.2) is 6.07 Å². The summed E-state index contributed by atoms with van der Waals surface area (Å²) in [6, 6.07) is 4.29. The van der Waals surface area contributed by atoms with Gasteiger partial charge in [-0.1, -0.05) is 6.42 Å². The largest absolute Gasteiger partial charge is 0.496 e. The van der Waals surface area contributed by atoms with Crippen LogP contribution in [0.3, 0.4) is 0 Å². The van der Waals surface area contributed by atoms with E-state index in [9.17, 15) is 5.26 Å². The van der Waals surface area contributed by atoms with Crippen molar-refractivity contribution in [2.45, 2.75) is 46.1 Å². The van der Waals surface area contributed by atoms with Crippen molar-refractivity contribution in [1.29, 1.82) is 5.26 Å². The van der Waals surface area contributed by atoms with Crippen molar-refractivity contribution in [3.8, 4) is 11.8 Å². The molecule has 1 saturated carbocycles. The minimum atomic E-state index is -0.365. The maximum absolute atomic E-state index is 9.47. The summed E-state index contributed by atoms with van der Waals surface area (Å²) in [5.41, 5.74) is 10.6. The summed E-state index contributed by atoms with van der Waals surface area (Å²) in [6.07, 6.45) is 2.93. The molecule has 2 N–H and O–H groups in total. The van der Waals surface area contributed by atoms with E-state index in [2.05, 4.69) is 13.0 Å². The maximum atomic E-state index is 9.47. The molecule has 1 atom stereocenters. The normalized spacial score (nSPS) is 18.3. The zero-order valence-corrected chi connectivity index (χ0v) is 12.2. The van der Waals surface area contributed by atoms with Gasteiger partial charge in [-0.25, -0.2) is 0 Å². The molecule has 0 amide bonds. The van der Waals surface area contributed by atoms with E-state index in [-0.39, 0.29) is 11.5 Å². The number of nitrogens with zero attached hydrogens (tertiary/aromatic N) is 1. The number of hydrogen-bond donors (Lipinski definition) is 1. The van der Waals surface area contributed by atoms with Gasteiger partial charge in [-0.05, 0) is 61.9 Å². The van der Waals surface area contributed by atoms with E-state index in [1.54, 1.807) is 7.11 Å². The average Bonchev–Trinajstić information content (AvgIpc) is 2.33. The second-order valence-corrected chi connectivity index (χ2v) is 5.66. The van der Waals surface area contributed by atoms with E-state index in [0.29, 0.717) is 0 Å². The standard InChI is InChI=1S/C16H22N2O/c1-10-8-13(19-4)11(2)12(3)14(10)15(18)16(9-17)6-5-7-16/h8,15H,5-7,18H2,1-4H3. The molecule has 1 aromatic carbocycles. The van der Waals surface area contributed by atoms with E-state index in [1.807, 2.05) is 19.9 Å². The lowest BCUT2D eigenvalue weighted by molar-refractivity contribution is 0.168. The summed E-state index contributed by atoms with van der Waals surface area (Å²) in [5.74, 6) is 0.894. The molecule has 1 aliphatic rings. The Labute approximate surface area is 115 Å². The van der Waals surface area contributed by atoms with E-state index < -0.39 is 0 Å². The Balaban J connectivity index is 2.52. The van der Waals surface area contributed by atoms with Crippen molar-refractivity contribution in [2.24, 2.45) is 11.1 Å². The summed E-state index contributed by atoms with van der Waals surface area (Å²) in [4.78, 5) is 0. The Kier molecular flexibility index (Phi) is 3.56. The molecule has 1 aromatic rings. The van der Waals surface area contributed by atoms with Gasteiger partial charge in [0.2, 0.25) is 0 Å². The third kappa shape index (κ3) is 2.01. The fourth-order valence-electron chi connectivity index (χ4n) is 3.08. The predicted octanol–water partition coefficient (Wildman–Crippen LogP) is 3.31. The Morgan fingerprint density at radius 1 is 1.32 bits per heavy atom. The number of ether oxygens (including phenoxy) is 1. The number of rotatable bonds is 3. The average molecular weight is 258 g/mol. The first-order valence-corrected chi connectivity index (χ1v) is 6.78. The Morgan fingerprint density at radius 2 is 1.95 bits per heavy atom. The quantitative estimate of drug-likeness (QED) is 0.904. The van der Waals surface area contributed by atoms with Gasteiger partial charge in [0.1, 0.15) is 5.75 Å². The Bertz CT molecular complexity index is 539. The molecule has 102 valence electrons. The molecular weight excluding hydrogens is 236 g/mol. The van der Waals surface area contributed by atoms with Crippen LogP contribution in [0, 0.1) is 37.5 Å². The molecule has 0 aromatic heterocycles. The van der Waals surface area contributed by atoms with E-state index in [0.717, 1.165) is 47.3 Å². The molecule has 0 heterocycles. The van der Waals surface area contributed by atoms with Gasteiger partial charge in [-0.15, -0.1) is 0 Å². The van der Waals surface area contributed by atoms with Crippen molar-refractivity contribution in [1.82, 2.24) is 0 Å². The molecule has 0 saturated heterocycles. The lowest BCUT2D eigenvalue weighted by Crippen LogP contribution is -2.40. The molecule has 0 spiro atoms. The lowest BCUT2D eigenvalue weighted by Gasteiger charge is -2.41. The molecule has 19 heavy (non-hydrogen) atoms. The van der Waals surface area contributed by atoms with Crippen LogP contribution in [0.4, 0.5) is 0 Å². The fraction of sp³-hybridized carbons (Fsp3) is 0.562. The van der Waals surface area contributed by atoms with Gasteiger partial charge in [-0.2, -0.15) is 5.26 Å². The molecule has 0 bridgehead atoms. The summed E-state index contributed by atoms with van der Waals surface area (Å²) >= 11 is 0. The molecular formula is C16H22N2O. The van der Waals surface area contributed by atoms with Crippen LogP contribution in [0.5, 0.6) is 5.75 Å². The molecule has 0 aliphatic heterocycles. The van der Waals surface area contributed by atoms with Crippen LogP contribution < -0.4 is 10.5 Å². The zero-order chi connectivity index (χ0) is 14.2. The summed E-state index contributed by atoms with van der Waals surface area (Å²) in [6.45, 7) is 6.17. The number of nitrogens with two attached hydrogens (primary N) is 1. The van der Waals surface area contributed by atoms with Gasteiger partial charge in [0.25, 0.3) is 0 Å². The number of nitriles is 1. The maximum Gasteiger partial charge on any atom is 0.122 e. The van der Waals surface area contributed by atoms with Gasteiger partial charge < -0.3 is 10.5 Å². The second kappa shape index (κ2) is 4.86. The van der Waals surface area contributed by atoms with E-state index in [1.165, 1.54) is 0 Å². The Hall–Kier alpha value is -1.53. The molecule has 3 heteroatoms. The predicted molar refractivity (Wildman–Crippen MR) is 76.0 cm³/mol. The van der Waals surface area contributed by atoms with Crippen molar-refractivity contribution >= 4 is 0 Å². The van der Waals surface area contributed by atoms with Crippen molar-refractivity contribution < 1.29 is 4.74 Å². The Morgan fingerprint density at radius 3 is 2.37 bits per heavy atom. The van der Waals surface area contributed by atoms with Crippen molar-refractivity contribution in [2.75, 3.05) is 7.11 Å². The van der Waals surface area contributed by atoms with Crippen LogP contribution in [0.25, 0.3) is 0 Å². The third-order valence-electron chi connectivity index (χ3n) is 4.70. The summed E-state index contributed by atoms with van der Waals surface area (Å²) in [7, 11) is 1.68. The molecule has 1 unspecified atom stereocenters. The van der Waals surface area contributed by atoms with Gasteiger partial charge in [0, 0.05) is 6.04 Å². The lowest BCUT2D eigenvalue weighted by atomic mass is 9.62. The smallest absolute Gasteiger partial charge is 0.122 e. The molecule has 3 nitrogen and oxygen atoms in total. The van der Waals surface area contributed by atoms with Crippen LogP contribution in [-0.4, -0.2) is 7.11 Å². The molecule has 0 radical (unpaired) electrons. The van der Waals surface area contributed by atoms with Crippen LogP contribution in [0.2, 0.25) is 0 Å². The third-order valence-corrected chi connectivity index (χ3v) is 4.70. The number of methoxy groups -OCH3 is 1. The van der Waals surface area contributed by atoms with Crippen LogP contribution in [-0.2, 0) is 0 Å². The number of hydrogen-bond acceptors (Lipinski definition) is 3. The molecule has 2 rings (SSSR count). The zero-order valence-electron chi connectivity index (χ0n) is 12.2.